The average Bonchev–Trinajstić information content (AvgIpc) is 4.43. The van der Waals surface area contributed by atoms with E-state index in [-0.39, 0.29) is 0 Å². The Morgan fingerprint density at radius 2 is 0.553 bits per heavy atom. The molecule has 0 aliphatic heterocycles. The number of nitrogens with zero attached hydrogens (tertiary/aromatic N) is 7. The molecule has 0 fully saturated rings. The fraction of sp³-hybridized carbons (Fsp3) is 0. The zero-order valence-corrected chi connectivity index (χ0v) is 41.0. The molecule has 5 aromatic heterocycles. The highest BCUT2D eigenvalue weighted by Crippen LogP contribution is 2.51. The highest BCUT2D eigenvalue weighted by atomic mass is 15.1. The number of para-hydroxylation sites is 7. The van der Waals surface area contributed by atoms with Crippen LogP contribution in [0.15, 0.2) is 261 Å². The molecular weight excluding hydrogens is 927 g/mol. The number of benzene rings is 11. The van der Waals surface area contributed by atoms with E-state index in [4.69, 9.17) is 15.0 Å². The molecule has 0 amide bonds. The maximum Gasteiger partial charge on any atom is 0.166 e. The molecule has 16 aromatic rings. The van der Waals surface area contributed by atoms with Crippen LogP contribution in [0.4, 0.5) is 0 Å². The van der Waals surface area contributed by atoms with Crippen LogP contribution in [0.2, 0.25) is 0 Å². The van der Waals surface area contributed by atoms with Crippen molar-refractivity contribution in [2.75, 3.05) is 0 Å². The quantitative estimate of drug-likeness (QED) is 0.160. The van der Waals surface area contributed by atoms with Crippen LogP contribution in [0.25, 0.3) is 144 Å². The zero-order chi connectivity index (χ0) is 49.8. The van der Waals surface area contributed by atoms with Crippen LogP contribution < -0.4 is 0 Å². The molecule has 16 rings (SSSR count). The second kappa shape index (κ2) is 16.6. The van der Waals surface area contributed by atoms with Gasteiger partial charge in [0.25, 0.3) is 0 Å². The highest BCUT2D eigenvalue weighted by molar-refractivity contribution is 6.40. The standard InChI is InChI=1S/C69H43N7/c1-5-23-44(24-6-1)67-70-68(45-25-7-2-8-26-45)72-69(71-67)54-43-48(41-42-60(54)76-55-36-18-13-31-49(55)50-32-14-19-37-56(50)76)75-59-40-22-17-35-53(59)63-65-61(51-33-15-20-38-57(51)73(65)46-27-9-3-10-28-46)64-62(66(63)75)52-34-16-21-39-58(52)74(64)47-29-11-4-12-30-47/h1-43H. The Kier molecular flexibility index (Phi) is 9.20. The Bertz CT molecular complexity index is 4790. The monoisotopic (exact) mass is 969 g/mol. The first-order chi connectivity index (χ1) is 37.8. The molecular formula is C69H43N7. The maximum atomic E-state index is 5.46. The van der Waals surface area contributed by atoms with Gasteiger partial charge >= 0.3 is 0 Å². The smallest absolute Gasteiger partial charge is 0.166 e. The lowest BCUT2D eigenvalue weighted by Crippen LogP contribution is -2.05. The van der Waals surface area contributed by atoms with Crippen molar-refractivity contribution in [1.29, 1.82) is 0 Å². The predicted molar refractivity (Wildman–Crippen MR) is 313 cm³/mol. The van der Waals surface area contributed by atoms with Crippen molar-refractivity contribution in [2.24, 2.45) is 0 Å². The van der Waals surface area contributed by atoms with Gasteiger partial charge in [0.15, 0.2) is 17.5 Å². The molecule has 354 valence electrons. The normalized spacial score (nSPS) is 11.9. The highest BCUT2D eigenvalue weighted by Gasteiger charge is 2.30. The van der Waals surface area contributed by atoms with Crippen LogP contribution in [0, 0.1) is 0 Å². The molecule has 76 heavy (non-hydrogen) atoms. The summed E-state index contributed by atoms with van der Waals surface area (Å²) in [5.41, 5.74) is 15.9. The summed E-state index contributed by atoms with van der Waals surface area (Å²) < 4.78 is 9.89. The van der Waals surface area contributed by atoms with E-state index in [1.165, 1.54) is 37.7 Å². The summed E-state index contributed by atoms with van der Waals surface area (Å²) >= 11 is 0. The summed E-state index contributed by atoms with van der Waals surface area (Å²) in [6.07, 6.45) is 0. The van der Waals surface area contributed by atoms with E-state index in [2.05, 4.69) is 243 Å². The molecule has 0 saturated carbocycles. The van der Waals surface area contributed by atoms with Gasteiger partial charge in [-0.1, -0.05) is 188 Å². The van der Waals surface area contributed by atoms with Gasteiger partial charge in [-0.2, -0.15) is 0 Å². The number of hydrogen-bond donors (Lipinski definition) is 0. The van der Waals surface area contributed by atoms with Gasteiger partial charge in [-0.15, -0.1) is 0 Å². The van der Waals surface area contributed by atoms with Crippen molar-refractivity contribution in [2.45, 2.75) is 0 Å². The lowest BCUT2D eigenvalue weighted by Gasteiger charge is -2.18. The fourth-order valence-corrected chi connectivity index (χ4v) is 12.3. The first kappa shape index (κ1) is 42.2. The molecule has 0 unspecified atom stereocenters. The van der Waals surface area contributed by atoms with E-state index in [1.807, 2.05) is 36.4 Å². The van der Waals surface area contributed by atoms with E-state index in [1.54, 1.807) is 0 Å². The predicted octanol–water partition coefficient (Wildman–Crippen LogP) is 17.3. The van der Waals surface area contributed by atoms with Gasteiger partial charge in [0.1, 0.15) is 0 Å². The summed E-state index contributed by atoms with van der Waals surface area (Å²) in [7, 11) is 0. The molecule has 7 heteroatoms. The van der Waals surface area contributed by atoms with Crippen molar-refractivity contribution >= 4 is 87.2 Å². The van der Waals surface area contributed by atoms with Crippen LogP contribution in [0.1, 0.15) is 0 Å². The van der Waals surface area contributed by atoms with Crippen molar-refractivity contribution in [1.82, 2.24) is 33.2 Å². The van der Waals surface area contributed by atoms with Gasteiger partial charge in [-0.3, -0.25) is 0 Å². The van der Waals surface area contributed by atoms with Gasteiger partial charge in [-0.05, 0) is 72.8 Å². The Labute approximate surface area is 436 Å². The molecule has 11 aromatic carbocycles. The van der Waals surface area contributed by atoms with Gasteiger partial charge in [0, 0.05) is 76.8 Å². The largest absolute Gasteiger partial charge is 0.308 e. The summed E-state index contributed by atoms with van der Waals surface area (Å²) in [5.74, 6) is 1.78. The lowest BCUT2D eigenvalue weighted by atomic mass is 10.0. The maximum absolute atomic E-state index is 5.46. The molecule has 0 aliphatic rings. The molecule has 7 nitrogen and oxygen atoms in total. The van der Waals surface area contributed by atoms with E-state index < -0.39 is 0 Å². The molecule has 0 radical (unpaired) electrons. The van der Waals surface area contributed by atoms with Gasteiger partial charge in [-0.25, -0.2) is 15.0 Å². The third-order valence-corrected chi connectivity index (χ3v) is 15.4. The molecule has 0 spiro atoms. The van der Waals surface area contributed by atoms with E-state index in [9.17, 15) is 0 Å². The minimum Gasteiger partial charge on any atom is -0.308 e. The minimum absolute atomic E-state index is 0.574. The van der Waals surface area contributed by atoms with E-state index in [0.29, 0.717) is 17.5 Å². The summed E-state index contributed by atoms with van der Waals surface area (Å²) in [6.45, 7) is 0. The second-order valence-corrected chi connectivity index (χ2v) is 19.5. The summed E-state index contributed by atoms with van der Waals surface area (Å²) in [6, 6.07) is 93.3. The summed E-state index contributed by atoms with van der Waals surface area (Å²) in [5, 5.41) is 9.45. The van der Waals surface area contributed by atoms with Crippen LogP contribution >= 0.6 is 0 Å². The molecule has 5 heterocycles. The van der Waals surface area contributed by atoms with Crippen molar-refractivity contribution in [3.8, 4) is 56.9 Å². The number of rotatable bonds is 7. The third-order valence-electron chi connectivity index (χ3n) is 15.4. The third kappa shape index (κ3) is 6.14. The molecule has 0 N–H and O–H groups in total. The van der Waals surface area contributed by atoms with Crippen molar-refractivity contribution < 1.29 is 0 Å². The van der Waals surface area contributed by atoms with Crippen LogP contribution in [0.3, 0.4) is 0 Å². The van der Waals surface area contributed by atoms with Crippen molar-refractivity contribution in [3.63, 3.8) is 0 Å². The van der Waals surface area contributed by atoms with Crippen molar-refractivity contribution in [3.05, 3.63) is 261 Å². The Morgan fingerprint density at radius 3 is 0.961 bits per heavy atom. The van der Waals surface area contributed by atoms with Crippen LogP contribution in [0.5, 0.6) is 0 Å². The fourth-order valence-electron chi connectivity index (χ4n) is 12.3. The number of fused-ring (bicyclic) bond motifs is 15. The van der Waals surface area contributed by atoms with Gasteiger partial charge in [0.2, 0.25) is 0 Å². The van der Waals surface area contributed by atoms with Crippen LogP contribution in [-0.4, -0.2) is 33.2 Å². The summed E-state index contributed by atoms with van der Waals surface area (Å²) in [4.78, 5) is 16.1. The van der Waals surface area contributed by atoms with E-state index >= 15 is 0 Å². The molecule has 0 bridgehead atoms. The average molecular weight is 970 g/mol. The molecule has 0 saturated heterocycles. The number of hydrogen-bond acceptors (Lipinski definition) is 3. The first-order valence-corrected chi connectivity index (χ1v) is 25.8. The Morgan fingerprint density at radius 1 is 0.237 bits per heavy atom. The Hall–Kier alpha value is -10.4. The molecule has 0 aliphatic carbocycles. The second-order valence-electron chi connectivity index (χ2n) is 19.5. The molecule has 0 atom stereocenters. The lowest BCUT2D eigenvalue weighted by molar-refractivity contribution is 1.06. The van der Waals surface area contributed by atoms with Gasteiger partial charge in [0.05, 0.1) is 49.8 Å². The minimum atomic E-state index is 0.574. The zero-order valence-electron chi connectivity index (χ0n) is 41.0. The van der Waals surface area contributed by atoms with E-state index in [0.717, 1.165) is 89.0 Å². The number of aromatic nitrogens is 7. The SMILES string of the molecule is c1ccc(-c2nc(-c3ccccc3)nc(-c3cc(-n4c5ccccc5c5c6c(c7ccccc7n6-c6ccccc6)c6c(c7ccccc7n6-c6ccccc6)c54)ccc3-n3c4ccccc4c4ccccc43)n2)cc1. The van der Waals surface area contributed by atoms with Crippen LogP contribution in [-0.2, 0) is 0 Å². The Balaban J connectivity index is 1.11. The van der Waals surface area contributed by atoms with Gasteiger partial charge < -0.3 is 18.3 Å². The first-order valence-electron chi connectivity index (χ1n) is 25.8. The topological polar surface area (TPSA) is 58.4 Å².